The molecule has 138 valence electrons. The molecule has 4 aromatic rings. The maximum Gasteiger partial charge on any atom is 0.0320 e. The lowest BCUT2D eigenvalue weighted by Crippen LogP contribution is -1.94. The molecule has 2 heteroatoms. The first kappa shape index (κ1) is 17.9. The first-order valence-corrected chi connectivity index (χ1v) is 9.45. The Balaban J connectivity index is 1.98. The van der Waals surface area contributed by atoms with Gasteiger partial charge in [0.1, 0.15) is 0 Å². The summed E-state index contributed by atoms with van der Waals surface area (Å²) in [5, 5.41) is 0. The van der Waals surface area contributed by atoms with Crippen LogP contribution in [-0.2, 0) is 0 Å². The van der Waals surface area contributed by atoms with Gasteiger partial charge in [0.25, 0.3) is 0 Å². The smallest absolute Gasteiger partial charge is 0.0320 e. The Bertz CT molecular complexity index is 1070. The van der Waals surface area contributed by atoms with Gasteiger partial charge in [-0.15, -0.1) is 0 Å². The van der Waals surface area contributed by atoms with Crippen LogP contribution in [0.4, 0.5) is 11.4 Å². The van der Waals surface area contributed by atoms with Crippen LogP contribution in [-0.4, -0.2) is 0 Å². The van der Waals surface area contributed by atoms with Crippen LogP contribution in [0.3, 0.4) is 0 Å². The molecule has 0 atom stereocenters. The fraction of sp³-hybridized carbons (Fsp3) is 0.0769. The Hall–Kier alpha value is -3.52. The van der Waals surface area contributed by atoms with Gasteiger partial charge in [-0.1, -0.05) is 71.8 Å². The van der Waals surface area contributed by atoms with E-state index in [1.165, 1.54) is 11.1 Å². The number of anilines is 2. The van der Waals surface area contributed by atoms with E-state index in [-0.39, 0.29) is 0 Å². The predicted molar refractivity (Wildman–Crippen MR) is 121 cm³/mol. The van der Waals surface area contributed by atoms with Crippen molar-refractivity contribution in [3.8, 4) is 33.4 Å². The molecule has 0 aliphatic rings. The van der Waals surface area contributed by atoms with Crippen molar-refractivity contribution >= 4 is 11.4 Å². The average Bonchev–Trinajstić information content (AvgIpc) is 2.68. The average molecular weight is 364 g/mol. The van der Waals surface area contributed by atoms with Crippen LogP contribution in [0.5, 0.6) is 0 Å². The van der Waals surface area contributed by atoms with E-state index in [4.69, 9.17) is 11.5 Å². The van der Waals surface area contributed by atoms with E-state index >= 15 is 0 Å². The Morgan fingerprint density at radius 1 is 0.464 bits per heavy atom. The number of nitrogen functional groups attached to an aromatic ring is 2. The van der Waals surface area contributed by atoms with E-state index in [0.717, 1.165) is 44.8 Å². The second-order valence-electron chi connectivity index (χ2n) is 7.35. The van der Waals surface area contributed by atoms with Gasteiger partial charge in [-0.2, -0.15) is 0 Å². The molecule has 2 nitrogen and oxygen atoms in total. The van der Waals surface area contributed by atoms with Crippen molar-refractivity contribution in [1.82, 2.24) is 0 Å². The van der Waals surface area contributed by atoms with Crippen molar-refractivity contribution in [1.29, 1.82) is 0 Å². The van der Waals surface area contributed by atoms with Gasteiger partial charge in [0.15, 0.2) is 0 Å². The maximum absolute atomic E-state index is 6.15. The molecule has 0 unspecified atom stereocenters. The molecule has 0 bridgehead atoms. The lowest BCUT2D eigenvalue weighted by atomic mass is 9.88. The highest BCUT2D eigenvalue weighted by Crippen LogP contribution is 2.40. The van der Waals surface area contributed by atoms with Gasteiger partial charge >= 0.3 is 0 Å². The molecule has 0 saturated carbocycles. The minimum absolute atomic E-state index is 0.757. The fourth-order valence-corrected chi connectivity index (χ4v) is 3.70. The molecule has 28 heavy (non-hydrogen) atoms. The second kappa shape index (κ2) is 7.24. The van der Waals surface area contributed by atoms with Gasteiger partial charge in [0.05, 0.1) is 0 Å². The zero-order valence-corrected chi connectivity index (χ0v) is 16.2. The first-order valence-electron chi connectivity index (χ1n) is 9.45. The Labute approximate surface area is 166 Å². The maximum atomic E-state index is 6.15. The molecule has 0 saturated heterocycles. The monoisotopic (exact) mass is 364 g/mol. The zero-order valence-electron chi connectivity index (χ0n) is 16.2. The molecule has 0 aliphatic carbocycles. The van der Waals surface area contributed by atoms with Gasteiger partial charge in [-0.05, 0) is 71.5 Å². The number of aryl methyl sites for hydroxylation is 2. The van der Waals surface area contributed by atoms with Crippen molar-refractivity contribution in [3.63, 3.8) is 0 Å². The second-order valence-corrected chi connectivity index (χ2v) is 7.35. The molecular weight excluding hydrogens is 340 g/mol. The van der Waals surface area contributed by atoms with Gasteiger partial charge < -0.3 is 11.5 Å². The molecule has 0 amide bonds. The minimum Gasteiger partial charge on any atom is -0.399 e. The highest BCUT2D eigenvalue weighted by atomic mass is 14.5. The molecule has 0 aliphatic heterocycles. The van der Waals surface area contributed by atoms with E-state index in [2.05, 4.69) is 86.6 Å². The number of benzene rings is 4. The molecule has 4 N–H and O–H groups in total. The highest BCUT2D eigenvalue weighted by Gasteiger charge is 2.14. The number of hydrogen-bond donors (Lipinski definition) is 2. The third-order valence-corrected chi connectivity index (χ3v) is 5.04. The van der Waals surface area contributed by atoms with Gasteiger partial charge in [-0.3, -0.25) is 0 Å². The zero-order chi connectivity index (χ0) is 19.7. The van der Waals surface area contributed by atoms with Crippen LogP contribution in [0.25, 0.3) is 33.4 Å². The summed E-state index contributed by atoms with van der Waals surface area (Å²) in [5.74, 6) is 0. The van der Waals surface area contributed by atoms with Gasteiger partial charge in [0, 0.05) is 11.4 Å². The fourth-order valence-electron chi connectivity index (χ4n) is 3.70. The summed E-state index contributed by atoms with van der Waals surface area (Å²) < 4.78 is 0. The SMILES string of the molecule is Cc1cccc(-c2cc(N)ccc2-c2ccc(N)cc2-c2cccc(C)c2)c1. The number of nitrogens with two attached hydrogens (primary N) is 2. The van der Waals surface area contributed by atoms with Crippen LogP contribution >= 0.6 is 0 Å². The standard InChI is InChI=1S/C26H24N2/c1-17-5-3-7-19(13-17)25-15-21(27)9-11-23(25)24-12-10-22(28)16-26(24)20-8-4-6-18(2)14-20/h3-16H,27-28H2,1-2H3. The summed E-state index contributed by atoms with van der Waals surface area (Å²) in [7, 11) is 0. The van der Waals surface area contributed by atoms with Gasteiger partial charge in [0.2, 0.25) is 0 Å². The van der Waals surface area contributed by atoms with E-state index in [9.17, 15) is 0 Å². The van der Waals surface area contributed by atoms with Crippen molar-refractivity contribution in [2.45, 2.75) is 13.8 Å². The molecule has 4 aromatic carbocycles. The number of hydrogen-bond acceptors (Lipinski definition) is 2. The van der Waals surface area contributed by atoms with Crippen LogP contribution in [0.15, 0.2) is 84.9 Å². The summed E-state index contributed by atoms with van der Waals surface area (Å²) in [5.41, 5.74) is 23.1. The number of rotatable bonds is 3. The van der Waals surface area contributed by atoms with E-state index < -0.39 is 0 Å². The van der Waals surface area contributed by atoms with Crippen LogP contribution in [0.2, 0.25) is 0 Å². The van der Waals surface area contributed by atoms with Crippen LogP contribution < -0.4 is 11.5 Å². The van der Waals surface area contributed by atoms with Crippen molar-refractivity contribution in [3.05, 3.63) is 96.1 Å². The summed E-state index contributed by atoms with van der Waals surface area (Å²) >= 11 is 0. The molecular formula is C26H24N2. The Morgan fingerprint density at radius 2 is 0.893 bits per heavy atom. The summed E-state index contributed by atoms with van der Waals surface area (Å²) in [6, 6.07) is 29.3. The quantitative estimate of drug-likeness (QED) is 0.409. The Kier molecular flexibility index (Phi) is 4.62. The molecule has 0 radical (unpaired) electrons. The molecule has 4 rings (SSSR count). The minimum atomic E-state index is 0.757. The summed E-state index contributed by atoms with van der Waals surface area (Å²) in [6.07, 6.45) is 0. The third-order valence-electron chi connectivity index (χ3n) is 5.04. The normalized spacial score (nSPS) is 10.8. The van der Waals surface area contributed by atoms with Crippen molar-refractivity contribution in [2.75, 3.05) is 11.5 Å². The summed E-state index contributed by atoms with van der Waals surface area (Å²) in [4.78, 5) is 0. The highest BCUT2D eigenvalue weighted by molar-refractivity contribution is 5.93. The topological polar surface area (TPSA) is 52.0 Å². The van der Waals surface area contributed by atoms with E-state index in [1.807, 2.05) is 12.1 Å². The van der Waals surface area contributed by atoms with Gasteiger partial charge in [-0.25, -0.2) is 0 Å². The molecule has 0 aromatic heterocycles. The largest absolute Gasteiger partial charge is 0.399 e. The van der Waals surface area contributed by atoms with Crippen LogP contribution in [0.1, 0.15) is 11.1 Å². The third kappa shape index (κ3) is 3.49. The molecule has 0 spiro atoms. The van der Waals surface area contributed by atoms with E-state index in [0.29, 0.717) is 0 Å². The Morgan fingerprint density at radius 3 is 1.29 bits per heavy atom. The van der Waals surface area contributed by atoms with Crippen molar-refractivity contribution < 1.29 is 0 Å². The lowest BCUT2D eigenvalue weighted by Gasteiger charge is -2.17. The predicted octanol–water partition coefficient (Wildman–Crippen LogP) is 6.47. The van der Waals surface area contributed by atoms with Crippen LogP contribution in [0, 0.1) is 13.8 Å². The lowest BCUT2D eigenvalue weighted by molar-refractivity contribution is 1.46. The van der Waals surface area contributed by atoms with E-state index in [1.54, 1.807) is 0 Å². The summed E-state index contributed by atoms with van der Waals surface area (Å²) in [6.45, 7) is 4.22. The van der Waals surface area contributed by atoms with Crippen molar-refractivity contribution in [2.24, 2.45) is 0 Å². The first-order chi connectivity index (χ1) is 13.5. The molecule has 0 fully saturated rings. The molecule has 0 heterocycles.